The van der Waals surface area contributed by atoms with Crippen molar-refractivity contribution in [3.8, 4) is 0 Å². The number of aliphatic imine (C=N–C) groups is 2. The summed E-state index contributed by atoms with van der Waals surface area (Å²) < 4.78 is 13.1. The van der Waals surface area contributed by atoms with E-state index in [1.807, 2.05) is 0 Å². The van der Waals surface area contributed by atoms with Crippen LogP contribution in [0.15, 0.2) is 9.98 Å². The fourth-order valence-electron chi connectivity index (χ4n) is 13.6. The molecule has 0 aromatic heterocycles. The van der Waals surface area contributed by atoms with E-state index in [0.717, 1.165) is 61.1 Å². The van der Waals surface area contributed by atoms with E-state index in [-0.39, 0.29) is 0 Å². The standard InChI is InChI=1S/C44H72N4O2/c1-3-7-37(8-4-1)47-27-41-39-19-17-35(23-33(39)15-21-43(41)49-29-47)45-25-31-11-13-32(14-12-31)26-46-36-18-20-40-34(24-36)16-22-44-42(40)28-48(30-50-44)38-9-5-2-6-10-38/h25-26,31-44H,1-24,27-30H2. The van der Waals surface area contributed by atoms with Crippen LogP contribution >= 0.6 is 0 Å². The summed E-state index contributed by atoms with van der Waals surface area (Å²) in [5.74, 6) is 6.46. The molecule has 7 aliphatic carbocycles. The lowest BCUT2D eigenvalue weighted by atomic mass is 9.63. The van der Waals surface area contributed by atoms with Crippen molar-refractivity contribution >= 4 is 12.4 Å². The highest BCUT2D eigenvalue weighted by molar-refractivity contribution is 5.64. The molecular formula is C44H72N4O2. The average Bonchev–Trinajstić information content (AvgIpc) is 3.19. The van der Waals surface area contributed by atoms with E-state index in [1.165, 1.54) is 167 Å². The van der Waals surface area contributed by atoms with Gasteiger partial charge in [0.2, 0.25) is 0 Å². The molecule has 2 aliphatic heterocycles. The van der Waals surface area contributed by atoms with E-state index in [2.05, 4.69) is 22.2 Å². The molecule has 0 radical (unpaired) electrons. The Labute approximate surface area is 305 Å². The topological polar surface area (TPSA) is 49.7 Å². The maximum Gasteiger partial charge on any atom is 0.0996 e. The molecule has 0 amide bonds. The van der Waals surface area contributed by atoms with Gasteiger partial charge in [0.05, 0.1) is 25.7 Å². The van der Waals surface area contributed by atoms with E-state index < -0.39 is 0 Å². The Morgan fingerprint density at radius 2 is 0.860 bits per heavy atom. The fraction of sp³-hybridized carbons (Fsp3) is 0.955. The first-order valence-electron chi connectivity index (χ1n) is 22.5. The third-order valence-electron chi connectivity index (χ3n) is 16.5. The van der Waals surface area contributed by atoms with Crippen molar-refractivity contribution in [1.82, 2.24) is 9.80 Å². The zero-order chi connectivity index (χ0) is 33.3. The van der Waals surface area contributed by atoms with Gasteiger partial charge in [-0.15, -0.1) is 0 Å². The molecule has 9 fully saturated rings. The summed E-state index contributed by atoms with van der Waals surface area (Å²) in [5, 5.41) is 0. The van der Waals surface area contributed by atoms with Crippen LogP contribution in [0.25, 0.3) is 0 Å². The van der Waals surface area contributed by atoms with E-state index in [0.29, 0.717) is 36.1 Å². The van der Waals surface area contributed by atoms with Gasteiger partial charge in [-0.2, -0.15) is 0 Å². The predicted octanol–water partition coefficient (Wildman–Crippen LogP) is 9.31. The third kappa shape index (κ3) is 7.85. The minimum atomic E-state index is 0.536. The Kier molecular flexibility index (Phi) is 11.4. The molecule has 9 rings (SSSR count). The van der Waals surface area contributed by atoms with Crippen LogP contribution in [0.4, 0.5) is 0 Å². The average molecular weight is 689 g/mol. The van der Waals surface area contributed by atoms with E-state index in [4.69, 9.17) is 19.5 Å². The minimum Gasteiger partial charge on any atom is -0.362 e. The van der Waals surface area contributed by atoms with Gasteiger partial charge < -0.3 is 9.47 Å². The normalized spacial score (nSPS) is 45.9. The lowest BCUT2D eigenvalue weighted by molar-refractivity contribution is -0.162. The number of ether oxygens (including phenoxy) is 2. The zero-order valence-corrected chi connectivity index (χ0v) is 31.6. The van der Waals surface area contributed by atoms with Gasteiger partial charge in [0, 0.05) is 61.5 Å². The van der Waals surface area contributed by atoms with Gasteiger partial charge in [-0.05, 0) is 151 Å². The van der Waals surface area contributed by atoms with Crippen LogP contribution in [0.1, 0.15) is 154 Å². The van der Waals surface area contributed by atoms with E-state index in [1.54, 1.807) is 0 Å². The first kappa shape index (κ1) is 34.9. The van der Waals surface area contributed by atoms with Crippen LogP contribution < -0.4 is 0 Å². The second kappa shape index (κ2) is 16.3. The molecule has 2 saturated heterocycles. The molecule has 9 aliphatic rings. The van der Waals surface area contributed by atoms with Gasteiger partial charge >= 0.3 is 0 Å². The second-order valence-electron chi connectivity index (χ2n) is 19.3. The van der Waals surface area contributed by atoms with Gasteiger partial charge in [0.1, 0.15) is 0 Å². The monoisotopic (exact) mass is 689 g/mol. The number of nitrogens with zero attached hydrogens (tertiary/aromatic N) is 4. The Bertz CT molecular complexity index is 1050. The predicted molar refractivity (Wildman–Crippen MR) is 204 cm³/mol. The fourth-order valence-corrected chi connectivity index (χ4v) is 13.6. The number of hydrogen-bond donors (Lipinski definition) is 0. The molecular weight excluding hydrogens is 617 g/mol. The Hall–Kier alpha value is -0.820. The van der Waals surface area contributed by atoms with Crippen molar-refractivity contribution in [2.45, 2.75) is 190 Å². The van der Waals surface area contributed by atoms with Crippen LogP contribution in [0.5, 0.6) is 0 Å². The summed E-state index contributed by atoms with van der Waals surface area (Å²) in [6, 6.07) is 2.74. The van der Waals surface area contributed by atoms with Crippen molar-refractivity contribution in [3.05, 3.63) is 0 Å². The van der Waals surface area contributed by atoms with Crippen LogP contribution in [0.2, 0.25) is 0 Å². The molecule has 50 heavy (non-hydrogen) atoms. The van der Waals surface area contributed by atoms with Crippen molar-refractivity contribution < 1.29 is 9.47 Å². The van der Waals surface area contributed by atoms with Crippen molar-refractivity contribution in [1.29, 1.82) is 0 Å². The largest absolute Gasteiger partial charge is 0.362 e. The maximum absolute atomic E-state index is 6.55. The summed E-state index contributed by atoms with van der Waals surface area (Å²) >= 11 is 0. The van der Waals surface area contributed by atoms with Crippen LogP contribution in [0.3, 0.4) is 0 Å². The van der Waals surface area contributed by atoms with Crippen molar-refractivity contribution in [2.24, 2.45) is 57.3 Å². The molecule has 0 N–H and O–H groups in total. The van der Waals surface area contributed by atoms with Crippen molar-refractivity contribution in [2.75, 3.05) is 26.6 Å². The van der Waals surface area contributed by atoms with Gasteiger partial charge in [-0.1, -0.05) is 38.5 Å². The SMILES string of the molecule is C(=NC1CCC2C(CCC3OCN(C4CCCCC4)CC32)C1)C1CCC(C=NC2CCC3C(CCC4OCN(C5CCCCC5)CC43)C2)CC1. The van der Waals surface area contributed by atoms with E-state index in [9.17, 15) is 0 Å². The van der Waals surface area contributed by atoms with Gasteiger partial charge in [-0.3, -0.25) is 19.8 Å². The first-order valence-corrected chi connectivity index (χ1v) is 22.5. The maximum atomic E-state index is 6.55. The number of fused-ring (bicyclic) bond motifs is 6. The quantitative estimate of drug-likeness (QED) is 0.261. The third-order valence-corrected chi connectivity index (χ3v) is 16.5. The summed E-state index contributed by atoms with van der Waals surface area (Å²) in [7, 11) is 0. The highest BCUT2D eigenvalue weighted by Gasteiger charge is 2.47. The molecule has 0 spiro atoms. The molecule has 6 nitrogen and oxygen atoms in total. The van der Waals surface area contributed by atoms with Gasteiger partial charge in [0.25, 0.3) is 0 Å². The molecule has 280 valence electrons. The highest BCUT2D eigenvalue weighted by atomic mass is 16.5. The Morgan fingerprint density at radius 3 is 1.30 bits per heavy atom. The second-order valence-corrected chi connectivity index (χ2v) is 19.3. The van der Waals surface area contributed by atoms with Crippen molar-refractivity contribution in [3.63, 3.8) is 0 Å². The first-order chi connectivity index (χ1) is 24.7. The molecule has 2 heterocycles. The number of rotatable bonds is 6. The van der Waals surface area contributed by atoms with Crippen LogP contribution in [-0.2, 0) is 9.47 Å². The van der Waals surface area contributed by atoms with Crippen LogP contribution in [0, 0.1) is 47.3 Å². The van der Waals surface area contributed by atoms with E-state index >= 15 is 0 Å². The lowest BCUT2D eigenvalue weighted by Crippen LogP contribution is -2.55. The Morgan fingerprint density at radius 1 is 0.420 bits per heavy atom. The minimum absolute atomic E-state index is 0.536. The Balaban J connectivity index is 0.704. The molecule has 10 atom stereocenters. The summed E-state index contributed by atoms with van der Waals surface area (Å²) in [6.45, 7) is 4.44. The smallest absolute Gasteiger partial charge is 0.0996 e. The summed E-state index contributed by atoms with van der Waals surface area (Å²) in [6.07, 6.45) is 38.8. The van der Waals surface area contributed by atoms with Crippen LogP contribution in [-0.4, -0.2) is 85.2 Å². The van der Waals surface area contributed by atoms with Gasteiger partial charge in [-0.25, -0.2) is 0 Å². The zero-order valence-electron chi connectivity index (χ0n) is 31.6. The molecule has 0 aromatic rings. The molecule has 6 heteroatoms. The molecule has 10 unspecified atom stereocenters. The van der Waals surface area contributed by atoms with Gasteiger partial charge in [0.15, 0.2) is 0 Å². The molecule has 0 aromatic carbocycles. The summed E-state index contributed by atoms with van der Waals surface area (Å²) in [5.41, 5.74) is 0. The summed E-state index contributed by atoms with van der Waals surface area (Å²) in [4.78, 5) is 16.1. The molecule has 7 saturated carbocycles. The highest BCUT2D eigenvalue weighted by Crippen LogP contribution is 2.49. The number of hydrogen-bond acceptors (Lipinski definition) is 6. The lowest BCUT2D eigenvalue weighted by Gasteiger charge is -2.52. The molecule has 0 bridgehead atoms.